The number of nitrogens with zero attached hydrogens (tertiary/aromatic N) is 1. The Balaban J connectivity index is 4.09. The second-order valence-corrected chi connectivity index (χ2v) is 9.04. The van der Waals surface area contributed by atoms with Gasteiger partial charge < -0.3 is 19.1 Å². The number of hydrogen-bond donors (Lipinski definition) is 0. The molecule has 31 heavy (non-hydrogen) atoms. The van der Waals surface area contributed by atoms with Gasteiger partial charge in [0.1, 0.15) is 0 Å². The summed E-state index contributed by atoms with van der Waals surface area (Å²) in [5.41, 5.74) is 0.523. The SMILES string of the molecule is CCCN(CCCCCCCCCC(OCC)(OCC)OCC)CC(CC)(CC)CC. The zero-order chi connectivity index (χ0) is 23.4. The molecule has 0 amide bonds. The molecular weight excluding hydrogens is 386 g/mol. The highest BCUT2D eigenvalue weighted by molar-refractivity contribution is 4.79. The summed E-state index contributed by atoms with van der Waals surface area (Å²) in [5, 5.41) is 0. The van der Waals surface area contributed by atoms with Gasteiger partial charge in [0.25, 0.3) is 5.97 Å². The van der Waals surface area contributed by atoms with E-state index in [4.69, 9.17) is 14.2 Å². The van der Waals surface area contributed by atoms with Crippen molar-refractivity contribution in [1.82, 2.24) is 4.90 Å². The minimum absolute atomic E-state index is 0.523. The van der Waals surface area contributed by atoms with Gasteiger partial charge in [0.15, 0.2) is 0 Å². The van der Waals surface area contributed by atoms with Crippen LogP contribution in [0.25, 0.3) is 0 Å². The summed E-state index contributed by atoms with van der Waals surface area (Å²) in [6.45, 7) is 21.1. The fraction of sp³-hybridized carbons (Fsp3) is 1.00. The second-order valence-electron chi connectivity index (χ2n) is 9.04. The van der Waals surface area contributed by atoms with E-state index in [0.717, 1.165) is 12.8 Å². The molecule has 0 aromatic carbocycles. The fourth-order valence-corrected chi connectivity index (χ4v) is 4.71. The molecule has 0 spiro atoms. The predicted molar refractivity (Wildman–Crippen MR) is 135 cm³/mol. The van der Waals surface area contributed by atoms with Crippen molar-refractivity contribution in [3.63, 3.8) is 0 Å². The van der Waals surface area contributed by atoms with E-state index in [-0.39, 0.29) is 0 Å². The van der Waals surface area contributed by atoms with Crippen LogP contribution in [0, 0.1) is 5.41 Å². The van der Waals surface area contributed by atoms with Crippen LogP contribution < -0.4 is 0 Å². The fourth-order valence-electron chi connectivity index (χ4n) is 4.71. The topological polar surface area (TPSA) is 30.9 Å². The van der Waals surface area contributed by atoms with Crippen LogP contribution in [-0.2, 0) is 14.2 Å². The lowest BCUT2D eigenvalue weighted by Crippen LogP contribution is -2.39. The van der Waals surface area contributed by atoms with Gasteiger partial charge in [0, 0.05) is 32.8 Å². The van der Waals surface area contributed by atoms with E-state index in [9.17, 15) is 0 Å². The van der Waals surface area contributed by atoms with Crippen LogP contribution in [0.5, 0.6) is 0 Å². The first-order chi connectivity index (χ1) is 15.0. The van der Waals surface area contributed by atoms with Gasteiger partial charge >= 0.3 is 0 Å². The molecule has 0 aliphatic rings. The normalized spacial score (nSPS) is 12.8. The molecule has 4 heteroatoms. The number of rotatable bonds is 23. The third kappa shape index (κ3) is 13.2. The maximum atomic E-state index is 5.82. The first-order valence-corrected chi connectivity index (χ1v) is 13.6. The maximum Gasteiger partial charge on any atom is 0.282 e. The zero-order valence-corrected chi connectivity index (χ0v) is 22.4. The Labute approximate surface area is 195 Å². The van der Waals surface area contributed by atoms with Gasteiger partial charge in [-0.3, -0.25) is 0 Å². The molecule has 0 aliphatic heterocycles. The van der Waals surface area contributed by atoms with E-state index in [1.807, 2.05) is 20.8 Å². The summed E-state index contributed by atoms with van der Waals surface area (Å²) in [6.07, 6.45) is 15.0. The van der Waals surface area contributed by atoms with Gasteiger partial charge in [-0.15, -0.1) is 0 Å². The summed E-state index contributed by atoms with van der Waals surface area (Å²) < 4.78 is 17.5. The maximum absolute atomic E-state index is 5.82. The van der Waals surface area contributed by atoms with Crippen LogP contribution in [0.15, 0.2) is 0 Å². The molecule has 0 rings (SSSR count). The number of ether oxygens (including phenoxy) is 3. The Bertz CT molecular complexity index is 359. The standard InChI is InChI=1S/C27H57NO3/c1-8-23-28(25-26(9-2,10-3)11-4)24-21-19-17-15-16-18-20-22-27(29-12-5,30-13-6)31-14-7/h8-25H2,1-7H3. The van der Waals surface area contributed by atoms with Crippen molar-refractivity contribution in [3.8, 4) is 0 Å². The summed E-state index contributed by atoms with van der Waals surface area (Å²) in [6, 6.07) is 0. The first kappa shape index (κ1) is 30.8. The molecule has 188 valence electrons. The van der Waals surface area contributed by atoms with Crippen molar-refractivity contribution >= 4 is 0 Å². The first-order valence-electron chi connectivity index (χ1n) is 13.6. The molecule has 0 aliphatic carbocycles. The van der Waals surface area contributed by atoms with Crippen LogP contribution in [0.1, 0.15) is 126 Å². The Morgan fingerprint density at radius 2 is 1.00 bits per heavy atom. The van der Waals surface area contributed by atoms with E-state index >= 15 is 0 Å². The predicted octanol–water partition coefficient (Wildman–Crippen LogP) is 7.80. The van der Waals surface area contributed by atoms with Crippen molar-refractivity contribution in [2.45, 2.75) is 131 Å². The molecule has 0 fully saturated rings. The van der Waals surface area contributed by atoms with Gasteiger partial charge in [-0.05, 0) is 77.8 Å². The molecule has 0 heterocycles. The van der Waals surface area contributed by atoms with Crippen molar-refractivity contribution in [3.05, 3.63) is 0 Å². The van der Waals surface area contributed by atoms with Crippen LogP contribution in [0.2, 0.25) is 0 Å². The summed E-state index contributed by atoms with van der Waals surface area (Å²) >= 11 is 0. The number of hydrogen-bond acceptors (Lipinski definition) is 4. The van der Waals surface area contributed by atoms with Gasteiger partial charge in [0.05, 0.1) is 0 Å². The van der Waals surface area contributed by atoms with E-state index in [1.54, 1.807) is 0 Å². The highest BCUT2D eigenvalue weighted by Crippen LogP contribution is 2.31. The van der Waals surface area contributed by atoms with E-state index in [2.05, 4.69) is 32.6 Å². The minimum atomic E-state index is -0.828. The largest absolute Gasteiger partial charge is 0.328 e. The quantitative estimate of drug-likeness (QED) is 0.119. The van der Waals surface area contributed by atoms with Crippen molar-refractivity contribution in [1.29, 1.82) is 0 Å². The number of unbranched alkanes of at least 4 members (excludes halogenated alkanes) is 6. The summed E-state index contributed by atoms with van der Waals surface area (Å²) in [4.78, 5) is 2.74. The molecule has 0 atom stereocenters. The van der Waals surface area contributed by atoms with Crippen LogP contribution in [-0.4, -0.2) is 50.3 Å². The highest BCUT2D eigenvalue weighted by atomic mass is 16.9. The molecule has 0 N–H and O–H groups in total. The molecule has 0 bridgehead atoms. The Morgan fingerprint density at radius 3 is 1.42 bits per heavy atom. The molecule has 0 radical (unpaired) electrons. The Kier molecular flexibility index (Phi) is 19.2. The van der Waals surface area contributed by atoms with Gasteiger partial charge in [-0.1, -0.05) is 59.8 Å². The molecule has 4 nitrogen and oxygen atoms in total. The van der Waals surface area contributed by atoms with Gasteiger partial charge in [-0.2, -0.15) is 0 Å². The molecular formula is C27H57NO3. The van der Waals surface area contributed by atoms with Crippen LogP contribution in [0.3, 0.4) is 0 Å². The lowest BCUT2D eigenvalue weighted by atomic mass is 9.79. The monoisotopic (exact) mass is 443 g/mol. The van der Waals surface area contributed by atoms with Crippen LogP contribution in [0.4, 0.5) is 0 Å². The van der Waals surface area contributed by atoms with Crippen molar-refractivity contribution in [2.24, 2.45) is 5.41 Å². The van der Waals surface area contributed by atoms with E-state index < -0.39 is 5.97 Å². The Morgan fingerprint density at radius 1 is 0.548 bits per heavy atom. The van der Waals surface area contributed by atoms with E-state index in [1.165, 1.54) is 83.8 Å². The zero-order valence-electron chi connectivity index (χ0n) is 22.4. The van der Waals surface area contributed by atoms with Gasteiger partial charge in [0.2, 0.25) is 0 Å². The smallest absolute Gasteiger partial charge is 0.282 e. The molecule has 0 saturated carbocycles. The molecule has 0 unspecified atom stereocenters. The molecule has 0 aromatic heterocycles. The lowest BCUT2D eigenvalue weighted by molar-refractivity contribution is -0.380. The Hall–Kier alpha value is -0.160. The molecule has 0 saturated heterocycles. The van der Waals surface area contributed by atoms with Crippen molar-refractivity contribution < 1.29 is 14.2 Å². The summed E-state index contributed by atoms with van der Waals surface area (Å²) in [7, 11) is 0. The van der Waals surface area contributed by atoms with E-state index in [0.29, 0.717) is 25.2 Å². The average molecular weight is 444 g/mol. The second kappa shape index (κ2) is 19.3. The lowest BCUT2D eigenvalue weighted by Gasteiger charge is -2.36. The highest BCUT2D eigenvalue weighted by Gasteiger charge is 2.31. The van der Waals surface area contributed by atoms with Gasteiger partial charge in [-0.25, -0.2) is 0 Å². The molecule has 0 aromatic rings. The minimum Gasteiger partial charge on any atom is -0.328 e. The summed E-state index contributed by atoms with van der Waals surface area (Å²) in [5.74, 6) is -0.828. The van der Waals surface area contributed by atoms with Crippen LogP contribution >= 0.6 is 0 Å². The average Bonchev–Trinajstić information content (AvgIpc) is 2.77. The third-order valence-electron chi connectivity index (χ3n) is 6.90. The third-order valence-corrected chi connectivity index (χ3v) is 6.90. The van der Waals surface area contributed by atoms with Crippen molar-refractivity contribution in [2.75, 3.05) is 39.5 Å².